The summed E-state index contributed by atoms with van der Waals surface area (Å²) in [5.74, 6) is 0.733. The molecule has 0 aliphatic carbocycles. The van der Waals surface area contributed by atoms with E-state index in [1.54, 1.807) is 43.5 Å². The van der Waals surface area contributed by atoms with Gasteiger partial charge in [0.1, 0.15) is 11.5 Å². The largest absolute Gasteiger partial charge is 0.459 e. The van der Waals surface area contributed by atoms with Gasteiger partial charge in [-0.25, -0.2) is 9.79 Å². The van der Waals surface area contributed by atoms with E-state index in [2.05, 4.69) is 20.9 Å². The first-order chi connectivity index (χ1) is 17.7. The van der Waals surface area contributed by atoms with Crippen LogP contribution in [0.1, 0.15) is 38.1 Å². The summed E-state index contributed by atoms with van der Waals surface area (Å²) in [4.78, 5) is 32.0. The molecule has 1 aliphatic rings. The monoisotopic (exact) mass is 596 g/mol. The van der Waals surface area contributed by atoms with Crippen molar-refractivity contribution in [3.05, 3.63) is 112 Å². The van der Waals surface area contributed by atoms with Gasteiger partial charge in [0.15, 0.2) is 4.80 Å². The number of carbonyl (C=O) groups excluding carboxylic acids is 1. The molecule has 0 saturated heterocycles. The third kappa shape index (κ3) is 5.14. The van der Waals surface area contributed by atoms with Gasteiger partial charge in [0.05, 0.1) is 27.9 Å². The Morgan fingerprint density at radius 2 is 1.84 bits per heavy atom. The van der Waals surface area contributed by atoms with Crippen LogP contribution in [0.4, 0.5) is 0 Å². The number of ether oxygens (including phenoxy) is 1. The number of aromatic nitrogens is 1. The van der Waals surface area contributed by atoms with E-state index < -0.39 is 12.0 Å². The van der Waals surface area contributed by atoms with Gasteiger partial charge in [-0.05, 0) is 62.7 Å². The van der Waals surface area contributed by atoms with Crippen molar-refractivity contribution < 1.29 is 13.9 Å². The Hall–Kier alpha value is -3.20. The zero-order valence-corrected chi connectivity index (χ0v) is 23.4. The second kappa shape index (κ2) is 10.3. The van der Waals surface area contributed by atoms with Gasteiger partial charge in [0.2, 0.25) is 0 Å². The first kappa shape index (κ1) is 25.4. The van der Waals surface area contributed by atoms with Gasteiger partial charge in [0, 0.05) is 21.1 Å². The molecule has 0 amide bonds. The summed E-state index contributed by atoms with van der Waals surface area (Å²) in [5.41, 5.74) is 2.22. The van der Waals surface area contributed by atoms with E-state index in [1.807, 2.05) is 48.5 Å². The van der Waals surface area contributed by atoms with Crippen LogP contribution in [0.3, 0.4) is 0 Å². The van der Waals surface area contributed by atoms with Crippen LogP contribution in [-0.2, 0) is 9.53 Å². The zero-order valence-electron chi connectivity index (χ0n) is 20.2. The quantitative estimate of drug-likeness (QED) is 0.270. The van der Waals surface area contributed by atoms with E-state index in [4.69, 9.17) is 20.8 Å². The second-order valence-corrected chi connectivity index (χ2v) is 11.2. The summed E-state index contributed by atoms with van der Waals surface area (Å²) in [6.07, 6.45) is 1.39. The molecule has 6 nitrogen and oxygen atoms in total. The molecule has 0 fully saturated rings. The van der Waals surface area contributed by atoms with Crippen molar-refractivity contribution in [2.45, 2.75) is 32.9 Å². The molecule has 0 saturated carbocycles. The van der Waals surface area contributed by atoms with Crippen molar-refractivity contribution in [2.75, 3.05) is 0 Å². The maximum atomic E-state index is 13.7. The predicted octanol–water partition coefficient (Wildman–Crippen LogP) is 5.86. The van der Waals surface area contributed by atoms with Crippen LogP contribution < -0.4 is 14.9 Å². The molecule has 4 aromatic rings. The Labute approximate surface area is 230 Å². The summed E-state index contributed by atoms with van der Waals surface area (Å²) in [6, 6.07) is 17.9. The number of rotatable bonds is 5. The van der Waals surface area contributed by atoms with Gasteiger partial charge in [-0.15, -0.1) is 0 Å². The SMILES string of the molecule is CC1=C(C(=O)OC(C)C)C(c2ccc(Cl)cc2)n2c(sc(=Cc3ccc(-c4ccc(Br)cc4)o3)c2=O)=N1. The van der Waals surface area contributed by atoms with E-state index in [1.165, 1.54) is 11.3 Å². The fraction of sp³-hybridized carbons (Fsp3) is 0.179. The number of allylic oxidation sites excluding steroid dienone is 1. The van der Waals surface area contributed by atoms with Crippen LogP contribution in [-0.4, -0.2) is 16.6 Å². The number of thiazole rings is 1. The molecule has 188 valence electrons. The highest BCUT2D eigenvalue weighted by molar-refractivity contribution is 9.10. The first-order valence-corrected chi connectivity index (χ1v) is 13.5. The van der Waals surface area contributed by atoms with E-state index in [9.17, 15) is 9.59 Å². The van der Waals surface area contributed by atoms with E-state index >= 15 is 0 Å². The van der Waals surface area contributed by atoms with Crippen LogP contribution in [0.2, 0.25) is 5.02 Å². The lowest BCUT2D eigenvalue weighted by atomic mass is 9.96. The summed E-state index contributed by atoms with van der Waals surface area (Å²) in [6.45, 7) is 5.33. The molecule has 2 aromatic carbocycles. The third-order valence-electron chi connectivity index (χ3n) is 5.80. The lowest BCUT2D eigenvalue weighted by Gasteiger charge is -2.25. The fourth-order valence-corrected chi connectivity index (χ4v) is 5.57. The van der Waals surface area contributed by atoms with Gasteiger partial charge < -0.3 is 9.15 Å². The van der Waals surface area contributed by atoms with Crippen LogP contribution in [0.25, 0.3) is 17.4 Å². The van der Waals surface area contributed by atoms with Crippen molar-refractivity contribution in [1.82, 2.24) is 4.57 Å². The van der Waals surface area contributed by atoms with Crippen LogP contribution >= 0.6 is 38.9 Å². The molecular weight excluding hydrogens is 576 g/mol. The number of hydrogen-bond acceptors (Lipinski definition) is 6. The lowest BCUT2D eigenvalue weighted by molar-refractivity contribution is -0.143. The molecule has 0 N–H and O–H groups in total. The summed E-state index contributed by atoms with van der Waals surface area (Å²) < 4.78 is 14.5. The topological polar surface area (TPSA) is 73.8 Å². The van der Waals surface area contributed by atoms with Crippen molar-refractivity contribution in [2.24, 2.45) is 4.99 Å². The molecule has 2 aromatic heterocycles. The summed E-state index contributed by atoms with van der Waals surface area (Å²) in [5, 5.41) is 0.558. The van der Waals surface area contributed by atoms with E-state index in [-0.39, 0.29) is 11.7 Å². The molecule has 1 aliphatic heterocycles. The number of esters is 1. The van der Waals surface area contributed by atoms with Gasteiger partial charge in [-0.3, -0.25) is 9.36 Å². The minimum absolute atomic E-state index is 0.271. The number of hydrogen-bond donors (Lipinski definition) is 0. The highest BCUT2D eigenvalue weighted by Crippen LogP contribution is 2.31. The van der Waals surface area contributed by atoms with Gasteiger partial charge in [-0.1, -0.05) is 63.1 Å². The van der Waals surface area contributed by atoms with Crippen molar-refractivity contribution in [3.63, 3.8) is 0 Å². The van der Waals surface area contributed by atoms with Crippen LogP contribution in [0.15, 0.2) is 90.6 Å². The molecule has 0 radical (unpaired) electrons. The van der Waals surface area contributed by atoms with Crippen LogP contribution in [0.5, 0.6) is 0 Å². The highest BCUT2D eigenvalue weighted by atomic mass is 79.9. The predicted molar refractivity (Wildman–Crippen MR) is 148 cm³/mol. The average molecular weight is 598 g/mol. The van der Waals surface area contributed by atoms with Crippen LogP contribution in [0, 0.1) is 0 Å². The molecule has 5 rings (SSSR count). The molecule has 9 heteroatoms. The minimum atomic E-state index is -0.697. The minimum Gasteiger partial charge on any atom is -0.459 e. The Balaban J connectivity index is 1.63. The maximum absolute atomic E-state index is 13.7. The van der Waals surface area contributed by atoms with Crippen molar-refractivity contribution in [3.8, 4) is 11.3 Å². The lowest BCUT2D eigenvalue weighted by Crippen LogP contribution is -2.40. The maximum Gasteiger partial charge on any atom is 0.338 e. The fourth-order valence-electron chi connectivity index (χ4n) is 4.15. The number of carbonyl (C=O) groups is 1. The Kier molecular flexibility index (Phi) is 7.07. The number of fused-ring (bicyclic) bond motifs is 1. The molecule has 37 heavy (non-hydrogen) atoms. The summed E-state index contributed by atoms with van der Waals surface area (Å²) >= 11 is 10.8. The molecule has 0 bridgehead atoms. The van der Waals surface area contributed by atoms with Crippen molar-refractivity contribution in [1.29, 1.82) is 0 Å². The smallest absolute Gasteiger partial charge is 0.338 e. The third-order valence-corrected chi connectivity index (χ3v) is 7.56. The number of nitrogens with zero attached hydrogens (tertiary/aromatic N) is 2. The standard InChI is InChI=1S/C28H22BrClN2O4S/c1-15(2)35-27(34)24-16(3)31-28-32(25(24)18-6-10-20(30)11-7-18)26(33)23(37-28)14-21-12-13-22(36-21)17-4-8-19(29)9-5-17/h4-15,25H,1-3H3. The molecule has 3 heterocycles. The Morgan fingerprint density at radius 1 is 1.14 bits per heavy atom. The number of furan rings is 1. The van der Waals surface area contributed by atoms with Crippen molar-refractivity contribution >= 4 is 50.9 Å². The Bertz CT molecular complexity index is 1700. The van der Waals surface area contributed by atoms with Gasteiger partial charge in [0.25, 0.3) is 5.56 Å². The van der Waals surface area contributed by atoms with Gasteiger partial charge in [-0.2, -0.15) is 0 Å². The number of halogens is 2. The molecule has 1 unspecified atom stereocenters. The summed E-state index contributed by atoms with van der Waals surface area (Å²) in [7, 11) is 0. The zero-order chi connectivity index (χ0) is 26.3. The average Bonchev–Trinajstić information content (AvgIpc) is 3.43. The van der Waals surface area contributed by atoms with E-state index in [0.29, 0.717) is 37.1 Å². The number of benzene rings is 2. The van der Waals surface area contributed by atoms with E-state index in [0.717, 1.165) is 15.6 Å². The normalized spacial score (nSPS) is 15.6. The Morgan fingerprint density at radius 3 is 2.51 bits per heavy atom. The molecule has 0 spiro atoms. The second-order valence-electron chi connectivity index (χ2n) is 8.80. The highest BCUT2D eigenvalue weighted by Gasteiger charge is 2.33. The molecular formula is C28H22BrClN2O4S. The van der Waals surface area contributed by atoms with Gasteiger partial charge >= 0.3 is 5.97 Å². The first-order valence-electron chi connectivity index (χ1n) is 11.6. The molecule has 1 atom stereocenters.